The van der Waals surface area contributed by atoms with Gasteiger partial charge in [-0.05, 0) is 76.4 Å². The Morgan fingerprint density at radius 2 is 1.08 bits per heavy atom. The van der Waals surface area contributed by atoms with E-state index in [-0.39, 0.29) is 11.2 Å². The molecular formula is C32H50N2O4. The van der Waals surface area contributed by atoms with Gasteiger partial charge in [-0.2, -0.15) is 10.1 Å². The van der Waals surface area contributed by atoms with Gasteiger partial charge in [0, 0.05) is 38.0 Å². The maximum absolute atomic E-state index is 6.65. The molecule has 0 aromatic rings. The van der Waals surface area contributed by atoms with Crippen LogP contribution in [0.4, 0.5) is 0 Å². The van der Waals surface area contributed by atoms with Crippen LogP contribution in [0.5, 0.6) is 0 Å². The third-order valence-corrected chi connectivity index (χ3v) is 9.77. The van der Waals surface area contributed by atoms with Crippen molar-refractivity contribution in [2.75, 3.05) is 39.4 Å². The minimum absolute atomic E-state index is 0.278. The van der Waals surface area contributed by atoms with Crippen molar-refractivity contribution in [3.05, 3.63) is 46.0 Å². The Morgan fingerprint density at radius 1 is 0.711 bits per heavy atom. The van der Waals surface area contributed by atoms with E-state index in [0.717, 1.165) is 51.9 Å². The first-order chi connectivity index (χ1) is 18.0. The Hall–Kier alpha value is -1.60. The molecule has 3 aliphatic heterocycles. The summed E-state index contributed by atoms with van der Waals surface area (Å²) in [6, 6.07) is 0. The van der Waals surface area contributed by atoms with Crippen molar-refractivity contribution in [3.63, 3.8) is 0 Å². The van der Waals surface area contributed by atoms with Crippen molar-refractivity contribution >= 4 is 0 Å². The lowest BCUT2D eigenvalue weighted by Gasteiger charge is -2.44. The molecule has 6 heteroatoms. The first-order valence-corrected chi connectivity index (χ1v) is 14.9. The van der Waals surface area contributed by atoms with Gasteiger partial charge in [-0.1, -0.05) is 51.0 Å². The molecule has 0 aromatic heterocycles. The normalized spacial score (nSPS) is 38.6. The molecule has 2 aliphatic carbocycles. The minimum Gasteiger partial charge on any atom is -0.489 e. The van der Waals surface area contributed by atoms with E-state index in [9.17, 15) is 0 Å². The van der Waals surface area contributed by atoms with Crippen LogP contribution in [0.2, 0.25) is 0 Å². The topological polar surface area (TPSA) is 43.4 Å². The Balaban J connectivity index is 1.07. The SMILES string of the molecule is CC1=CC(C)C2=C(OC(C)(CON3CCN(OCC4(C)CCC5=C(O4)C(C)C(C)=CC5C)CC3)CC2)C1C. The van der Waals surface area contributed by atoms with Crippen molar-refractivity contribution in [3.8, 4) is 0 Å². The maximum atomic E-state index is 6.65. The van der Waals surface area contributed by atoms with Gasteiger partial charge in [0.25, 0.3) is 0 Å². The summed E-state index contributed by atoms with van der Waals surface area (Å²) in [6.07, 6.45) is 9.00. The summed E-state index contributed by atoms with van der Waals surface area (Å²) in [7, 11) is 0. The first kappa shape index (κ1) is 27.9. The fourth-order valence-corrected chi connectivity index (χ4v) is 6.72. The lowest BCUT2D eigenvalue weighted by molar-refractivity contribution is -0.265. The van der Waals surface area contributed by atoms with E-state index in [1.807, 2.05) is 0 Å². The van der Waals surface area contributed by atoms with Gasteiger partial charge >= 0.3 is 0 Å². The lowest BCUT2D eigenvalue weighted by atomic mass is 9.78. The van der Waals surface area contributed by atoms with Crippen molar-refractivity contribution < 1.29 is 19.1 Å². The van der Waals surface area contributed by atoms with E-state index in [2.05, 4.69) is 77.7 Å². The largest absolute Gasteiger partial charge is 0.489 e. The van der Waals surface area contributed by atoms with E-state index in [1.165, 1.54) is 33.8 Å². The smallest absolute Gasteiger partial charge is 0.131 e. The van der Waals surface area contributed by atoms with E-state index in [1.54, 1.807) is 0 Å². The summed E-state index contributed by atoms with van der Waals surface area (Å²) in [5.74, 6) is 4.08. The highest BCUT2D eigenvalue weighted by Gasteiger charge is 2.40. The summed E-state index contributed by atoms with van der Waals surface area (Å²) in [4.78, 5) is 12.6. The number of allylic oxidation sites excluding steroid dienone is 6. The average Bonchev–Trinajstić information content (AvgIpc) is 2.89. The van der Waals surface area contributed by atoms with Crippen molar-refractivity contribution in [1.82, 2.24) is 10.1 Å². The van der Waals surface area contributed by atoms with Crippen molar-refractivity contribution in [2.24, 2.45) is 23.7 Å². The standard InChI is InChI=1S/C32H50N2O4/c1-21-17-23(3)27-9-11-31(7,37-29(27)25(21)5)19-35-33-13-15-34(16-14-33)36-20-32(8)12-10-28-24(4)18-22(2)26(6)30(28)38-32/h17-18,23-26H,9-16,19-20H2,1-8H3. The molecule has 5 rings (SSSR count). The molecule has 6 nitrogen and oxygen atoms in total. The third kappa shape index (κ3) is 5.65. The van der Waals surface area contributed by atoms with Gasteiger partial charge in [-0.3, -0.25) is 9.68 Å². The second kappa shape index (κ2) is 10.8. The molecule has 0 spiro atoms. The van der Waals surface area contributed by atoms with Gasteiger partial charge in [0.05, 0.1) is 0 Å². The first-order valence-electron chi connectivity index (χ1n) is 14.9. The van der Waals surface area contributed by atoms with Gasteiger partial charge in [-0.25, -0.2) is 0 Å². The zero-order valence-electron chi connectivity index (χ0n) is 25.1. The van der Waals surface area contributed by atoms with E-state index >= 15 is 0 Å². The number of rotatable bonds is 6. The van der Waals surface area contributed by atoms with E-state index in [0.29, 0.717) is 36.9 Å². The molecule has 1 saturated heterocycles. The number of hydroxylamine groups is 4. The Labute approximate surface area is 230 Å². The highest BCUT2D eigenvalue weighted by atomic mass is 16.7. The predicted molar refractivity (Wildman–Crippen MR) is 151 cm³/mol. The molecule has 38 heavy (non-hydrogen) atoms. The van der Waals surface area contributed by atoms with Crippen molar-refractivity contribution in [1.29, 1.82) is 0 Å². The molecule has 212 valence electrons. The van der Waals surface area contributed by atoms with Crippen LogP contribution in [0.25, 0.3) is 0 Å². The highest BCUT2D eigenvalue weighted by molar-refractivity contribution is 5.33. The molecule has 0 amide bonds. The summed E-state index contributed by atoms with van der Waals surface area (Å²) in [6.45, 7) is 22.4. The van der Waals surface area contributed by atoms with Crippen LogP contribution in [-0.4, -0.2) is 60.7 Å². The van der Waals surface area contributed by atoms with Crippen LogP contribution in [0.3, 0.4) is 0 Å². The second-order valence-electron chi connectivity index (χ2n) is 13.1. The molecule has 0 saturated carbocycles. The Kier molecular flexibility index (Phi) is 7.91. The van der Waals surface area contributed by atoms with Gasteiger partial charge in [-0.15, -0.1) is 0 Å². The molecule has 0 radical (unpaired) electrons. The molecule has 1 fully saturated rings. The Morgan fingerprint density at radius 3 is 1.45 bits per heavy atom. The average molecular weight is 527 g/mol. The number of hydrogen-bond donors (Lipinski definition) is 0. The summed E-state index contributed by atoms with van der Waals surface area (Å²) >= 11 is 0. The summed E-state index contributed by atoms with van der Waals surface area (Å²) in [5, 5.41) is 4.18. The van der Waals surface area contributed by atoms with Crippen LogP contribution < -0.4 is 0 Å². The molecule has 6 unspecified atom stereocenters. The summed E-state index contributed by atoms with van der Waals surface area (Å²) in [5.41, 5.74) is 5.23. The van der Waals surface area contributed by atoms with Crippen LogP contribution in [0, 0.1) is 23.7 Å². The van der Waals surface area contributed by atoms with Crippen LogP contribution in [-0.2, 0) is 19.1 Å². The molecule has 5 aliphatic rings. The van der Waals surface area contributed by atoms with Crippen molar-refractivity contribution in [2.45, 2.75) is 92.3 Å². The quantitative estimate of drug-likeness (QED) is 0.364. The van der Waals surface area contributed by atoms with Gasteiger partial charge in [0.1, 0.15) is 35.9 Å². The lowest BCUT2D eigenvalue weighted by Crippen LogP contribution is -2.50. The van der Waals surface area contributed by atoms with Crippen LogP contribution >= 0.6 is 0 Å². The number of hydrogen-bond acceptors (Lipinski definition) is 6. The zero-order valence-corrected chi connectivity index (χ0v) is 25.1. The fraction of sp³-hybridized carbons (Fsp3) is 0.750. The van der Waals surface area contributed by atoms with E-state index < -0.39 is 0 Å². The fourth-order valence-electron chi connectivity index (χ4n) is 6.72. The monoisotopic (exact) mass is 526 g/mol. The predicted octanol–water partition coefficient (Wildman–Crippen LogP) is 6.58. The second-order valence-corrected chi connectivity index (χ2v) is 13.1. The van der Waals surface area contributed by atoms with Gasteiger partial charge in [0.2, 0.25) is 0 Å². The summed E-state index contributed by atoms with van der Waals surface area (Å²) < 4.78 is 13.3. The van der Waals surface area contributed by atoms with Crippen LogP contribution in [0.1, 0.15) is 81.1 Å². The minimum atomic E-state index is -0.278. The zero-order chi connectivity index (χ0) is 27.2. The highest BCUT2D eigenvalue weighted by Crippen LogP contribution is 2.45. The van der Waals surface area contributed by atoms with Crippen LogP contribution in [0.15, 0.2) is 46.0 Å². The molecule has 3 heterocycles. The van der Waals surface area contributed by atoms with Gasteiger partial charge in [0.15, 0.2) is 0 Å². The number of nitrogens with zero attached hydrogens (tertiary/aromatic N) is 2. The molecule has 0 bridgehead atoms. The third-order valence-electron chi connectivity index (χ3n) is 9.77. The maximum Gasteiger partial charge on any atom is 0.131 e. The van der Waals surface area contributed by atoms with E-state index in [4.69, 9.17) is 19.1 Å². The number of piperazine rings is 1. The number of ether oxygens (including phenoxy) is 2. The molecule has 6 atom stereocenters. The molecular weight excluding hydrogens is 476 g/mol. The molecule has 0 aromatic carbocycles. The molecule has 0 N–H and O–H groups in total. The Bertz CT molecular complexity index is 954. The van der Waals surface area contributed by atoms with Gasteiger partial charge < -0.3 is 9.47 Å².